The van der Waals surface area contributed by atoms with Gasteiger partial charge in [-0.2, -0.15) is 4.31 Å². The van der Waals surface area contributed by atoms with Crippen LogP contribution in [-0.2, 0) is 21.4 Å². The molecule has 0 fully saturated rings. The van der Waals surface area contributed by atoms with Crippen molar-refractivity contribution in [2.45, 2.75) is 10.8 Å². The number of thiophene rings is 1. The predicted molar refractivity (Wildman–Crippen MR) is 105 cm³/mol. The van der Waals surface area contributed by atoms with E-state index in [4.69, 9.17) is 11.6 Å². The number of likely N-dealkylation sites (N-methyl/N-ethyl adjacent to an activating group) is 2. The van der Waals surface area contributed by atoms with Crippen molar-refractivity contribution >= 4 is 44.8 Å². The first kappa shape index (κ1) is 21.4. The Labute approximate surface area is 167 Å². The summed E-state index contributed by atoms with van der Waals surface area (Å²) in [6.45, 7) is 0.0102. The van der Waals surface area contributed by atoms with E-state index in [1.54, 1.807) is 38.4 Å². The van der Waals surface area contributed by atoms with E-state index in [1.807, 2.05) is 0 Å². The minimum Gasteiger partial charge on any atom is -0.355 e. The zero-order valence-electron chi connectivity index (χ0n) is 15.1. The third-order valence-corrected chi connectivity index (χ3v) is 7.36. The van der Waals surface area contributed by atoms with Crippen LogP contribution >= 0.6 is 22.9 Å². The van der Waals surface area contributed by atoms with Crippen LogP contribution in [0.3, 0.4) is 0 Å². The van der Waals surface area contributed by atoms with Gasteiger partial charge in [-0.1, -0.05) is 23.7 Å². The molecule has 0 aliphatic rings. The molecule has 0 radical (unpaired) electrons. The van der Waals surface area contributed by atoms with Gasteiger partial charge in [0.2, 0.25) is 5.91 Å². The van der Waals surface area contributed by atoms with E-state index in [1.165, 1.54) is 24.1 Å². The summed E-state index contributed by atoms with van der Waals surface area (Å²) in [7, 11) is 0.739. The molecule has 27 heavy (non-hydrogen) atoms. The maximum Gasteiger partial charge on any atom is 0.252 e. The maximum atomic E-state index is 12.5. The molecular weight excluding hydrogens is 410 g/mol. The third-order valence-electron chi connectivity index (χ3n) is 3.86. The Hall–Kier alpha value is -1.94. The first-order valence-electron chi connectivity index (χ1n) is 7.92. The number of halogens is 1. The quantitative estimate of drug-likeness (QED) is 0.729. The molecule has 0 saturated carbocycles. The molecule has 10 heteroatoms. The molecule has 2 rings (SSSR count). The molecule has 2 amide bonds. The molecule has 0 atom stereocenters. The molecule has 0 spiro atoms. The lowest BCUT2D eigenvalue weighted by Crippen LogP contribution is -2.38. The summed E-state index contributed by atoms with van der Waals surface area (Å²) in [5.74, 6) is -0.536. The van der Waals surface area contributed by atoms with Gasteiger partial charge in [0.15, 0.2) is 0 Å². The standard InChI is InChI=1S/C17H20ClN3O4S2/c1-19-17(23)13-6-4-12(5-7-13)10-20(2)15(22)11-21(3)27(24,25)16-9-8-14(18)26-16/h4-9H,10-11H2,1-3H3,(H,19,23). The lowest BCUT2D eigenvalue weighted by molar-refractivity contribution is -0.130. The van der Waals surface area contributed by atoms with Crippen LogP contribution in [0.2, 0.25) is 4.34 Å². The zero-order chi connectivity index (χ0) is 20.2. The van der Waals surface area contributed by atoms with E-state index in [0.29, 0.717) is 16.4 Å². The number of sulfonamides is 1. The number of amides is 2. The number of hydrogen-bond acceptors (Lipinski definition) is 5. The van der Waals surface area contributed by atoms with Crippen LogP contribution in [0.5, 0.6) is 0 Å². The predicted octanol–water partition coefficient (Wildman–Crippen LogP) is 2.04. The number of benzene rings is 1. The molecule has 7 nitrogen and oxygen atoms in total. The average Bonchev–Trinajstić information content (AvgIpc) is 3.08. The first-order chi connectivity index (χ1) is 12.6. The minimum atomic E-state index is -3.76. The van der Waals surface area contributed by atoms with Crippen molar-refractivity contribution in [3.8, 4) is 0 Å². The average molecular weight is 430 g/mol. The van der Waals surface area contributed by atoms with Crippen molar-refractivity contribution in [1.82, 2.24) is 14.5 Å². The summed E-state index contributed by atoms with van der Waals surface area (Å²) < 4.78 is 26.4. The number of carbonyl (C=O) groups excluding carboxylic acids is 2. The number of nitrogens with zero attached hydrogens (tertiary/aromatic N) is 2. The van der Waals surface area contributed by atoms with Gasteiger partial charge >= 0.3 is 0 Å². The summed E-state index contributed by atoms with van der Waals surface area (Å²) in [6.07, 6.45) is 0. The van der Waals surface area contributed by atoms with Crippen LogP contribution in [0.15, 0.2) is 40.6 Å². The topological polar surface area (TPSA) is 86.8 Å². The second-order valence-corrected chi connectivity index (χ2v) is 9.83. The van der Waals surface area contributed by atoms with E-state index in [0.717, 1.165) is 21.2 Å². The maximum absolute atomic E-state index is 12.5. The van der Waals surface area contributed by atoms with Gasteiger partial charge in [-0.05, 0) is 29.8 Å². The summed E-state index contributed by atoms with van der Waals surface area (Å²) in [5, 5.41) is 2.54. The lowest BCUT2D eigenvalue weighted by atomic mass is 10.1. The number of rotatable bonds is 7. The normalized spacial score (nSPS) is 11.4. The minimum absolute atomic E-state index is 0.0928. The second kappa shape index (κ2) is 8.83. The molecule has 1 heterocycles. The Bertz CT molecular complexity index is 926. The van der Waals surface area contributed by atoms with E-state index in [9.17, 15) is 18.0 Å². The highest BCUT2D eigenvalue weighted by Crippen LogP contribution is 2.27. The molecular formula is C17H20ClN3O4S2. The van der Waals surface area contributed by atoms with E-state index in [-0.39, 0.29) is 22.6 Å². The molecule has 0 aliphatic carbocycles. The van der Waals surface area contributed by atoms with Gasteiger partial charge in [0.25, 0.3) is 15.9 Å². The molecule has 0 unspecified atom stereocenters. The van der Waals surface area contributed by atoms with Crippen LogP contribution in [0.25, 0.3) is 0 Å². The lowest BCUT2D eigenvalue weighted by Gasteiger charge is -2.21. The summed E-state index contributed by atoms with van der Waals surface area (Å²) in [4.78, 5) is 25.4. The Morgan fingerprint density at radius 2 is 1.74 bits per heavy atom. The SMILES string of the molecule is CNC(=O)c1ccc(CN(C)C(=O)CN(C)S(=O)(=O)c2ccc(Cl)s2)cc1. The van der Waals surface area contributed by atoms with Gasteiger partial charge in [-0.25, -0.2) is 8.42 Å². The van der Waals surface area contributed by atoms with Gasteiger partial charge in [0.05, 0.1) is 10.9 Å². The van der Waals surface area contributed by atoms with Crippen LogP contribution in [-0.4, -0.2) is 57.1 Å². The third kappa shape index (κ3) is 5.29. The van der Waals surface area contributed by atoms with Crippen molar-refractivity contribution in [2.75, 3.05) is 27.7 Å². The van der Waals surface area contributed by atoms with Crippen LogP contribution in [0.4, 0.5) is 0 Å². The second-order valence-electron chi connectivity index (χ2n) is 5.85. The van der Waals surface area contributed by atoms with Crippen molar-refractivity contribution in [3.05, 3.63) is 51.9 Å². The van der Waals surface area contributed by atoms with Gasteiger partial charge in [0, 0.05) is 33.3 Å². The van der Waals surface area contributed by atoms with E-state index >= 15 is 0 Å². The van der Waals surface area contributed by atoms with Gasteiger partial charge in [-0.3, -0.25) is 9.59 Å². The van der Waals surface area contributed by atoms with Crippen LogP contribution in [0.1, 0.15) is 15.9 Å². The number of hydrogen-bond donors (Lipinski definition) is 1. The molecule has 1 aromatic carbocycles. The fourth-order valence-corrected chi connectivity index (χ4v) is 5.07. The molecule has 146 valence electrons. The van der Waals surface area contributed by atoms with Crippen molar-refractivity contribution in [1.29, 1.82) is 0 Å². The Balaban J connectivity index is 1.99. The zero-order valence-corrected chi connectivity index (χ0v) is 17.5. The van der Waals surface area contributed by atoms with Crippen molar-refractivity contribution < 1.29 is 18.0 Å². The largest absolute Gasteiger partial charge is 0.355 e. The summed E-state index contributed by atoms with van der Waals surface area (Å²) in [6, 6.07) is 9.77. The number of nitrogens with one attached hydrogen (secondary N) is 1. The van der Waals surface area contributed by atoms with Gasteiger partial charge in [-0.15, -0.1) is 11.3 Å². The van der Waals surface area contributed by atoms with Crippen molar-refractivity contribution in [3.63, 3.8) is 0 Å². The molecule has 2 aromatic rings. The van der Waals surface area contributed by atoms with Gasteiger partial charge < -0.3 is 10.2 Å². The fraction of sp³-hybridized carbons (Fsp3) is 0.294. The molecule has 0 bridgehead atoms. The number of carbonyl (C=O) groups is 2. The smallest absolute Gasteiger partial charge is 0.252 e. The molecule has 0 aliphatic heterocycles. The first-order valence-corrected chi connectivity index (χ1v) is 10.5. The monoisotopic (exact) mass is 429 g/mol. The Morgan fingerprint density at radius 3 is 2.26 bits per heavy atom. The van der Waals surface area contributed by atoms with E-state index < -0.39 is 10.0 Å². The Morgan fingerprint density at radius 1 is 1.11 bits per heavy atom. The highest BCUT2D eigenvalue weighted by atomic mass is 35.5. The highest BCUT2D eigenvalue weighted by molar-refractivity contribution is 7.91. The van der Waals surface area contributed by atoms with E-state index in [2.05, 4.69) is 5.32 Å². The van der Waals surface area contributed by atoms with Gasteiger partial charge in [0.1, 0.15) is 4.21 Å². The highest BCUT2D eigenvalue weighted by Gasteiger charge is 2.25. The Kier molecular flexibility index (Phi) is 6.99. The summed E-state index contributed by atoms with van der Waals surface area (Å²) >= 11 is 6.74. The fourth-order valence-electron chi connectivity index (χ4n) is 2.25. The molecule has 0 saturated heterocycles. The van der Waals surface area contributed by atoms with Crippen LogP contribution < -0.4 is 5.32 Å². The summed E-state index contributed by atoms with van der Waals surface area (Å²) in [5.41, 5.74) is 1.35. The molecule has 1 aromatic heterocycles. The van der Waals surface area contributed by atoms with Crippen LogP contribution in [0, 0.1) is 0 Å². The molecule has 1 N–H and O–H groups in total. The van der Waals surface area contributed by atoms with Crippen molar-refractivity contribution in [2.24, 2.45) is 0 Å².